The number of esters is 1. The molecule has 3 N–H and O–H groups in total. The molecule has 0 spiro atoms. The summed E-state index contributed by atoms with van der Waals surface area (Å²) in [5.74, 6) is -1.05. The second kappa shape index (κ2) is 7.09. The minimum Gasteiger partial charge on any atom is -0.452 e. The molecule has 0 atom stereocenters. The molecule has 5 nitrogen and oxygen atoms in total. The highest BCUT2D eigenvalue weighted by Crippen LogP contribution is 2.19. The van der Waals surface area contributed by atoms with Gasteiger partial charge in [-0.05, 0) is 42.8 Å². The Labute approximate surface area is 136 Å². The number of rotatable bonds is 4. The zero-order valence-electron chi connectivity index (χ0n) is 11.9. The second-order valence-corrected chi connectivity index (χ2v) is 5.64. The maximum atomic E-state index is 11.9. The molecule has 0 radical (unpaired) electrons. The van der Waals surface area contributed by atoms with E-state index in [4.69, 9.17) is 10.5 Å². The Bertz CT molecular complexity index is 716. The Kier molecular flexibility index (Phi) is 5.16. The van der Waals surface area contributed by atoms with E-state index in [9.17, 15) is 9.59 Å². The molecular formula is C16H15BrN2O3. The van der Waals surface area contributed by atoms with Crippen molar-refractivity contribution in [3.05, 3.63) is 58.1 Å². The minimum atomic E-state index is -0.641. The molecule has 0 saturated heterocycles. The van der Waals surface area contributed by atoms with Crippen molar-refractivity contribution < 1.29 is 14.3 Å². The van der Waals surface area contributed by atoms with Crippen LogP contribution < -0.4 is 11.1 Å². The molecule has 2 aromatic carbocycles. The van der Waals surface area contributed by atoms with E-state index >= 15 is 0 Å². The van der Waals surface area contributed by atoms with Crippen molar-refractivity contribution in [3.8, 4) is 0 Å². The lowest BCUT2D eigenvalue weighted by atomic mass is 10.2. The number of amides is 1. The van der Waals surface area contributed by atoms with Crippen molar-refractivity contribution in [1.82, 2.24) is 0 Å². The standard InChI is InChI=1S/C16H15BrN2O3/c1-10-3-2-4-12(7-10)19-15(20)9-22-16(21)13-8-11(17)5-6-14(13)18/h2-8H,9,18H2,1H3,(H,19,20). The van der Waals surface area contributed by atoms with Gasteiger partial charge in [-0.2, -0.15) is 0 Å². The van der Waals surface area contributed by atoms with Gasteiger partial charge in [0.05, 0.1) is 5.56 Å². The lowest BCUT2D eigenvalue weighted by Crippen LogP contribution is -2.21. The summed E-state index contributed by atoms with van der Waals surface area (Å²) in [6, 6.07) is 12.2. The number of halogens is 1. The predicted octanol–water partition coefficient (Wildman–Crippen LogP) is 3.14. The first-order valence-electron chi connectivity index (χ1n) is 6.54. The number of nitrogens with two attached hydrogens (primary N) is 1. The number of hydrogen-bond acceptors (Lipinski definition) is 4. The highest BCUT2D eigenvalue weighted by atomic mass is 79.9. The molecule has 0 aliphatic rings. The van der Waals surface area contributed by atoms with Crippen LogP contribution >= 0.6 is 15.9 Å². The summed E-state index contributed by atoms with van der Waals surface area (Å²) >= 11 is 3.25. The summed E-state index contributed by atoms with van der Waals surface area (Å²) in [6.45, 7) is 1.55. The van der Waals surface area contributed by atoms with Gasteiger partial charge in [-0.25, -0.2) is 4.79 Å². The van der Waals surface area contributed by atoms with Crippen LogP contribution in [-0.4, -0.2) is 18.5 Å². The minimum absolute atomic E-state index is 0.220. The summed E-state index contributed by atoms with van der Waals surface area (Å²) in [4.78, 5) is 23.7. The van der Waals surface area contributed by atoms with Crippen LogP contribution in [-0.2, 0) is 9.53 Å². The van der Waals surface area contributed by atoms with Crippen molar-refractivity contribution in [2.75, 3.05) is 17.7 Å². The number of carbonyl (C=O) groups is 2. The molecular weight excluding hydrogens is 348 g/mol. The van der Waals surface area contributed by atoms with Gasteiger partial charge in [-0.3, -0.25) is 4.79 Å². The number of nitrogen functional groups attached to an aromatic ring is 1. The van der Waals surface area contributed by atoms with Crippen molar-refractivity contribution >= 4 is 39.2 Å². The molecule has 0 unspecified atom stereocenters. The quantitative estimate of drug-likeness (QED) is 0.646. The molecule has 0 aliphatic heterocycles. The molecule has 0 aromatic heterocycles. The van der Waals surface area contributed by atoms with Crippen molar-refractivity contribution in [3.63, 3.8) is 0 Å². The van der Waals surface area contributed by atoms with E-state index in [1.54, 1.807) is 24.3 Å². The molecule has 0 heterocycles. The molecule has 2 rings (SSSR count). The molecule has 0 saturated carbocycles. The highest BCUT2D eigenvalue weighted by Gasteiger charge is 2.13. The van der Waals surface area contributed by atoms with E-state index in [1.807, 2.05) is 25.1 Å². The van der Waals surface area contributed by atoms with E-state index in [0.29, 0.717) is 15.8 Å². The van der Waals surface area contributed by atoms with Crippen molar-refractivity contribution in [2.24, 2.45) is 0 Å². The van der Waals surface area contributed by atoms with Crippen LogP contribution in [0.5, 0.6) is 0 Å². The Morgan fingerprint density at radius 2 is 2.00 bits per heavy atom. The predicted molar refractivity (Wildman–Crippen MR) is 88.6 cm³/mol. The number of anilines is 2. The summed E-state index contributed by atoms with van der Waals surface area (Å²) < 4.78 is 5.68. The van der Waals surface area contributed by atoms with Crippen LogP contribution in [0.1, 0.15) is 15.9 Å². The van der Waals surface area contributed by atoms with Crippen LogP contribution in [0.15, 0.2) is 46.9 Å². The molecule has 2 aromatic rings. The normalized spacial score (nSPS) is 10.1. The van der Waals surface area contributed by atoms with E-state index in [-0.39, 0.29) is 12.2 Å². The van der Waals surface area contributed by atoms with E-state index in [0.717, 1.165) is 5.56 Å². The zero-order valence-corrected chi connectivity index (χ0v) is 13.5. The first-order chi connectivity index (χ1) is 10.5. The smallest absolute Gasteiger partial charge is 0.340 e. The van der Waals surface area contributed by atoms with Crippen molar-refractivity contribution in [1.29, 1.82) is 0 Å². The topological polar surface area (TPSA) is 81.4 Å². The van der Waals surface area contributed by atoms with E-state index in [1.165, 1.54) is 0 Å². The maximum Gasteiger partial charge on any atom is 0.340 e. The Morgan fingerprint density at radius 3 is 2.73 bits per heavy atom. The average molecular weight is 363 g/mol. The lowest BCUT2D eigenvalue weighted by Gasteiger charge is -2.08. The third-order valence-electron chi connectivity index (χ3n) is 2.87. The summed E-state index contributed by atoms with van der Waals surface area (Å²) in [7, 11) is 0. The van der Waals surface area contributed by atoms with Crippen LogP contribution in [0.25, 0.3) is 0 Å². The van der Waals surface area contributed by atoms with E-state index < -0.39 is 11.9 Å². The van der Waals surface area contributed by atoms with E-state index in [2.05, 4.69) is 21.2 Å². The summed E-state index contributed by atoms with van der Waals surface area (Å²) in [6.07, 6.45) is 0. The first kappa shape index (κ1) is 16.0. The molecule has 6 heteroatoms. The van der Waals surface area contributed by atoms with Crippen LogP contribution in [0.3, 0.4) is 0 Å². The molecule has 22 heavy (non-hydrogen) atoms. The van der Waals surface area contributed by atoms with Gasteiger partial charge in [0.1, 0.15) is 0 Å². The van der Waals surface area contributed by atoms with Crippen molar-refractivity contribution in [2.45, 2.75) is 6.92 Å². The van der Waals surface area contributed by atoms with Gasteiger partial charge < -0.3 is 15.8 Å². The fraction of sp³-hybridized carbons (Fsp3) is 0.125. The maximum absolute atomic E-state index is 11.9. The second-order valence-electron chi connectivity index (χ2n) is 4.73. The average Bonchev–Trinajstić information content (AvgIpc) is 2.47. The monoisotopic (exact) mass is 362 g/mol. The Hall–Kier alpha value is -2.34. The van der Waals surface area contributed by atoms with Gasteiger partial charge in [-0.15, -0.1) is 0 Å². The van der Waals surface area contributed by atoms with Crippen LogP contribution in [0.2, 0.25) is 0 Å². The Balaban J connectivity index is 1.93. The largest absolute Gasteiger partial charge is 0.452 e. The Morgan fingerprint density at radius 1 is 1.23 bits per heavy atom. The number of carbonyl (C=O) groups excluding carboxylic acids is 2. The third kappa shape index (κ3) is 4.33. The number of nitrogens with one attached hydrogen (secondary N) is 1. The van der Waals surface area contributed by atoms with Gasteiger partial charge in [0.25, 0.3) is 5.91 Å². The van der Waals surface area contributed by atoms with Gasteiger partial charge in [0.2, 0.25) is 0 Å². The number of benzene rings is 2. The molecule has 0 bridgehead atoms. The molecule has 0 aliphatic carbocycles. The fourth-order valence-corrected chi connectivity index (χ4v) is 2.20. The summed E-state index contributed by atoms with van der Waals surface area (Å²) in [5, 5.41) is 2.66. The lowest BCUT2D eigenvalue weighted by molar-refractivity contribution is -0.119. The van der Waals surface area contributed by atoms with Gasteiger partial charge in [-0.1, -0.05) is 28.1 Å². The van der Waals surface area contributed by atoms with Gasteiger partial charge in [0, 0.05) is 15.8 Å². The molecule has 114 valence electrons. The SMILES string of the molecule is Cc1cccc(NC(=O)COC(=O)c2cc(Br)ccc2N)c1. The van der Waals surface area contributed by atoms with Crippen LogP contribution in [0.4, 0.5) is 11.4 Å². The molecule has 1 amide bonds. The molecule has 0 fully saturated rings. The highest BCUT2D eigenvalue weighted by molar-refractivity contribution is 9.10. The first-order valence-corrected chi connectivity index (χ1v) is 7.33. The fourth-order valence-electron chi connectivity index (χ4n) is 1.83. The third-order valence-corrected chi connectivity index (χ3v) is 3.36. The number of hydrogen-bond donors (Lipinski definition) is 2. The number of aryl methyl sites for hydroxylation is 1. The van der Waals surface area contributed by atoms with Gasteiger partial charge in [0.15, 0.2) is 6.61 Å². The zero-order chi connectivity index (χ0) is 16.1. The summed E-state index contributed by atoms with van der Waals surface area (Å²) in [5.41, 5.74) is 7.91. The van der Waals surface area contributed by atoms with Gasteiger partial charge >= 0.3 is 5.97 Å². The number of ether oxygens (including phenoxy) is 1. The van der Waals surface area contributed by atoms with Crippen LogP contribution in [0, 0.1) is 6.92 Å².